The molecule has 1 fully saturated rings. The van der Waals surface area contributed by atoms with Crippen LogP contribution < -0.4 is 10.6 Å². The minimum Gasteiger partial charge on any atom is -0.444 e. The lowest BCUT2D eigenvalue weighted by Crippen LogP contribution is -2.58. The number of ether oxygens (including phenoxy) is 1. The van der Waals surface area contributed by atoms with Crippen LogP contribution in [0.1, 0.15) is 53.7 Å². The van der Waals surface area contributed by atoms with Crippen molar-refractivity contribution in [1.82, 2.24) is 25.5 Å². The molecule has 0 spiro atoms. The second kappa shape index (κ2) is 9.99. The van der Waals surface area contributed by atoms with Gasteiger partial charge in [0.25, 0.3) is 0 Å². The molecule has 1 aliphatic rings. The minimum absolute atomic E-state index is 0.0136. The average Bonchev–Trinajstić information content (AvgIpc) is 3.04. The third-order valence-electron chi connectivity index (χ3n) is 4.76. The summed E-state index contributed by atoms with van der Waals surface area (Å²) in [7, 11) is 0. The number of carbonyl (C=O) groups excluding carboxylic acids is 3. The smallest absolute Gasteiger partial charge is 0.408 e. The van der Waals surface area contributed by atoms with Gasteiger partial charge in [-0.15, -0.1) is 0 Å². The number of β-amino-alcohol motifs (C(OH)–C–C–N with tert-alkyl or cyclic N) is 1. The molecule has 1 aromatic heterocycles. The summed E-state index contributed by atoms with van der Waals surface area (Å²) in [6, 6.07) is -1.84. The number of nitrogens with zero attached hydrogens (tertiary/aromatic N) is 3. The van der Waals surface area contributed by atoms with Crippen molar-refractivity contribution in [3.63, 3.8) is 0 Å². The molecule has 0 saturated carbocycles. The van der Waals surface area contributed by atoms with Crippen molar-refractivity contribution >= 4 is 29.5 Å². The van der Waals surface area contributed by atoms with Gasteiger partial charge in [-0.1, -0.05) is 32.4 Å². The highest BCUT2D eigenvalue weighted by Crippen LogP contribution is 2.26. The van der Waals surface area contributed by atoms with Gasteiger partial charge < -0.3 is 25.4 Å². The number of aromatic nitrogens is 2. The fraction of sp³-hybridized carbons (Fsp3) is 0.667. The minimum atomic E-state index is -0.958. The molecule has 3 amide bonds. The van der Waals surface area contributed by atoms with Crippen LogP contribution in [0.3, 0.4) is 0 Å². The Morgan fingerprint density at radius 2 is 1.88 bits per heavy atom. The normalized spacial score (nSPS) is 19.9. The second-order valence-electron chi connectivity index (χ2n) is 9.89. The van der Waals surface area contributed by atoms with Crippen LogP contribution in [-0.2, 0) is 20.9 Å². The van der Waals surface area contributed by atoms with Gasteiger partial charge in [0.05, 0.1) is 30.7 Å². The molecule has 0 radical (unpaired) electrons. The molecule has 0 aromatic carbocycles. The molecule has 0 unspecified atom stereocenters. The van der Waals surface area contributed by atoms with Crippen LogP contribution in [-0.4, -0.2) is 68.2 Å². The van der Waals surface area contributed by atoms with E-state index in [4.69, 9.17) is 16.3 Å². The summed E-state index contributed by atoms with van der Waals surface area (Å²) in [6.45, 7) is 10.7. The van der Waals surface area contributed by atoms with Crippen LogP contribution in [0.2, 0.25) is 5.15 Å². The first-order chi connectivity index (χ1) is 14.7. The molecule has 0 aliphatic carbocycles. The lowest BCUT2D eigenvalue weighted by molar-refractivity contribution is -0.142. The van der Waals surface area contributed by atoms with E-state index in [1.807, 2.05) is 0 Å². The number of alkyl carbamates (subject to hydrolysis) is 1. The summed E-state index contributed by atoms with van der Waals surface area (Å²) in [4.78, 5) is 47.8. The Hall–Kier alpha value is -2.46. The largest absolute Gasteiger partial charge is 0.444 e. The fourth-order valence-electron chi connectivity index (χ4n) is 3.27. The van der Waals surface area contributed by atoms with Crippen LogP contribution in [0.5, 0.6) is 0 Å². The molecule has 1 aliphatic heterocycles. The van der Waals surface area contributed by atoms with E-state index < -0.39 is 47.1 Å². The number of hydrogen-bond donors (Lipinski definition) is 3. The number of nitrogens with one attached hydrogen (secondary N) is 2. The molecular weight excluding hydrogens is 438 g/mol. The summed E-state index contributed by atoms with van der Waals surface area (Å²) >= 11 is 5.71. The first kappa shape index (κ1) is 25.8. The summed E-state index contributed by atoms with van der Waals surface area (Å²) in [5, 5.41) is 15.8. The summed E-state index contributed by atoms with van der Waals surface area (Å²) in [6.07, 6.45) is 1.32. The maximum Gasteiger partial charge on any atom is 0.408 e. The van der Waals surface area contributed by atoms with Gasteiger partial charge in [-0.2, -0.15) is 0 Å². The van der Waals surface area contributed by atoms with Gasteiger partial charge in [-0.3, -0.25) is 14.6 Å². The standard InChI is InChI=1S/C21H32ClN5O5/c1-20(2,3)16(26-19(31)32-21(4,5)6)18(30)27-11-13(28)7-14(27)17(29)25-9-12-8-24-15(22)10-23-12/h8,10,13-14,16,28H,7,9,11H2,1-6H3,(H,25,29)(H,26,31)/t13-,14+,16-/m1/s1. The van der Waals surface area contributed by atoms with Gasteiger partial charge in [-0.05, 0) is 26.2 Å². The zero-order valence-corrected chi connectivity index (χ0v) is 20.1. The number of halogens is 1. The molecule has 10 nitrogen and oxygen atoms in total. The van der Waals surface area contributed by atoms with Crippen molar-refractivity contribution in [2.45, 2.75) is 78.3 Å². The van der Waals surface area contributed by atoms with E-state index in [0.717, 1.165) is 0 Å². The van der Waals surface area contributed by atoms with Crippen LogP contribution in [0.25, 0.3) is 0 Å². The molecule has 1 saturated heterocycles. The molecule has 1 aromatic rings. The molecule has 178 valence electrons. The Kier molecular flexibility index (Phi) is 8.06. The first-order valence-electron chi connectivity index (χ1n) is 10.4. The predicted octanol–water partition coefficient (Wildman–Crippen LogP) is 1.65. The van der Waals surface area contributed by atoms with Gasteiger partial charge in [0.2, 0.25) is 11.8 Å². The zero-order valence-electron chi connectivity index (χ0n) is 19.3. The zero-order chi connectivity index (χ0) is 24.3. The highest BCUT2D eigenvalue weighted by molar-refractivity contribution is 6.29. The molecule has 2 rings (SSSR count). The molecular formula is C21H32ClN5O5. The van der Waals surface area contributed by atoms with E-state index in [9.17, 15) is 19.5 Å². The highest BCUT2D eigenvalue weighted by Gasteiger charge is 2.44. The molecule has 2 heterocycles. The number of carbonyl (C=O) groups is 3. The van der Waals surface area contributed by atoms with Gasteiger partial charge >= 0.3 is 6.09 Å². The monoisotopic (exact) mass is 469 g/mol. The van der Waals surface area contributed by atoms with Gasteiger partial charge in [0.15, 0.2) is 0 Å². The molecule has 11 heteroatoms. The summed E-state index contributed by atoms with van der Waals surface area (Å²) in [5.41, 5.74) is -0.897. The number of aliphatic hydroxyl groups excluding tert-OH is 1. The molecule has 3 atom stereocenters. The van der Waals surface area contributed by atoms with E-state index in [2.05, 4.69) is 20.6 Å². The first-order valence-corrected chi connectivity index (χ1v) is 10.8. The topological polar surface area (TPSA) is 134 Å². The highest BCUT2D eigenvalue weighted by atomic mass is 35.5. The second-order valence-corrected chi connectivity index (χ2v) is 10.3. The number of rotatable bonds is 5. The third kappa shape index (κ3) is 7.30. The number of aliphatic hydroxyl groups is 1. The van der Waals surface area contributed by atoms with Crippen molar-refractivity contribution in [3.8, 4) is 0 Å². The van der Waals surface area contributed by atoms with Crippen molar-refractivity contribution < 1.29 is 24.2 Å². The third-order valence-corrected chi connectivity index (χ3v) is 4.95. The number of amides is 3. The van der Waals surface area contributed by atoms with E-state index in [1.54, 1.807) is 41.5 Å². The maximum absolute atomic E-state index is 13.4. The van der Waals surface area contributed by atoms with E-state index >= 15 is 0 Å². The fourth-order valence-corrected chi connectivity index (χ4v) is 3.37. The molecule has 3 N–H and O–H groups in total. The Bertz CT molecular complexity index is 834. The van der Waals surface area contributed by atoms with Crippen LogP contribution in [0.4, 0.5) is 4.79 Å². The Balaban J connectivity index is 2.13. The number of hydrogen-bond acceptors (Lipinski definition) is 7. The summed E-state index contributed by atoms with van der Waals surface area (Å²) < 4.78 is 5.30. The van der Waals surface area contributed by atoms with E-state index in [0.29, 0.717) is 5.69 Å². The van der Waals surface area contributed by atoms with Crippen LogP contribution >= 0.6 is 11.6 Å². The average molecular weight is 470 g/mol. The molecule has 32 heavy (non-hydrogen) atoms. The van der Waals surface area contributed by atoms with Gasteiger partial charge in [-0.25, -0.2) is 9.78 Å². The Morgan fingerprint density at radius 1 is 1.22 bits per heavy atom. The van der Waals surface area contributed by atoms with Crippen molar-refractivity contribution in [2.75, 3.05) is 6.54 Å². The van der Waals surface area contributed by atoms with Crippen molar-refractivity contribution in [3.05, 3.63) is 23.2 Å². The number of likely N-dealkylation sites (tertiary alicyclic amines) is 1. The van der Waals surface area contributed by atoms with Gasteiger partial charge in [0, 0.05) is 13.0 Å². The maximum atomic E-state index is 13.4. The lowest BCUT2D eigenvalue weighted by atomic mass is 9.85. The van der Waals surface area contributed by atoms with E-state index in [1.165, 1.54) is 17.3 Å². The van der Waals surface area contributed by atoms with Gasteiger partial charge in [0.1, 0.15) is 22.8 Å². The van der Waals surface area contributed by atoms with E-state index in [-0.39, 0.29) is 24.7 Å². The SMILES string of the molecule is CC(C)(C)OC(=O)N[C@H](C(=O)N1C[C@H](O)C[C@H]1C(=O)NCc1cnc(Cl)cn1)C(C)(C)C. The molecule has 0 bridgehead atoms. The van der Waals surface area contributed by atoms with Crippen LogP contribution in [0, 0.1) is 5.41 Å². The quantitative estimate of drug-likeness (QED) is 0.596. The lowest BCUT2D eigenvalue weighted by Gasteiger charge is -2.35. The Labute approximate surface area is 193 Å². The predicted molar refractivity (Wildman–Crippen MR) is 118 cm³/mol. The Morgan fingerprint density at radius 3 is 2.41 bits per heavy atom. The summed E-state index contributed by atoms with van der Waals surface area (Å²) in [5.74, 6) is -0.900. The van der Waals surface area contributed by atoms with Crippen LogP contribution in [0.15, 0.2) is 12.4 Å². The van der Waals surface area contributed by atoms with Crippen molar-refractivity contribution in [1.29, 1.82) is 0 Å². The van der Waals surface area contributed by atoms with Crippen molar-refractivity contribution in [2.24, 2.45) is 5.41 Å².